The zero-order valence-electron chi connectivity index (χ0n) is 13.8. The van der Waals surface area contributed by atoms with Crippen LogP contribution >= 0.6 is 11.3 Å². The van der Waals surface area contributed by atoms with E-state index >= 15 is 0 Å². The van der Waals surface area contributed by atoms with Gasteiger partial charge in [0.2, 0.25) is 5.91 Å². The molecule has 0 aliphatic carbocycles. The Morgan fingerprint density at radius 1 is 1.00 bits per heavy atom. The van der Waals surface area contributed by atoms with E-state index in [0.717, 1.165) is 18.5 Å². The lowest BCUT2D eigenvalue weighted by Gasteiger charge is -2.38. The molecule has 2 saturated heterocycles. The molecule has 4 rings (SSSR count). The molecule has 0 saturated carbocycles. The molecule has 0 radical (unpaired) electrons. The van der Waals surface area contributed by atoms with Crippen LogP contribution in [0.3, 0.4) is 0 Å². The van der Waals surface area contributed by atoms with Crippen LogP contribution in [0.5, 0.6) is 0 Å². The third-order valence-corrected chi connectivity index (χ3v) is 8.43. The fourth-order valence-corrected chi connectivity index (χ4v) is 6.59. The summed E-state index contributed by atoms with van der Waals surface area (Å²) in [7, 11) is -3.51. The lowest BCUT2D eigenvalue weighted by molar-refractivity contribution is -0.127. The largest absolute Gasteiger partial charge is 0.312 e. The molecule has 1 spiro atoms. The van der Waals surface area contributed by atoms with Crippen LogP contribution in [-0.2, 0) is 14.8 Å². The Morgan fingerprint density at radius 2 is 1.80 bits per heavy atom. The predicted octanol–water partition coefficient (Wildman–Crippen LogP) is 2.96. The van der Waals surface area contributed by atoms with Crippen molar-refractivity contribution in [2.45, 2.75) is 23.5 Å². The zero-order chi connectivity index (χ0) is 17.5. The number of carbonyl (C=O) groups is 1. The zero-order valence-corrected chi connectivity index (χ0v) is 15.4. The van der Waals surface area contributed by atoms with Crippen molar-refractivity contribution in [2.75, 3.05) is 24.5 Å². The number of anilines is 1. The summed E-state index contributed by atoms with van der Waals surface area (Å²) in [6.45, 7) is 1.42. The molecule has 0 N–H and O–H groups in total. The van der Waals surface area contributed by atoms with Crippen LogP contribution in [0.15, 0.2) is 52.1 Å². The normalized spacial score (nSPS) is 25.0. The standard InChI is InChI=1S/C18H20N2O3S2/c21-17-18(10-12-20(17)15-6-2-1-3-7-15)9-5-11-19(14-18)25(22,23)16-8-4-13-24-16/h1-4,6-8,13H,5,9-12,14H2. The summed E-state index contributed by atoms with van der Waals surface area (Å²) in [5, 5.41) is 1.77. The highest BCUT2D eigenvalue weighted by Gasteiger charge is 2.51. The molecule has 1 atom stereocenters. The minimum absolute atomic E-state index is 0.0600. The molecule has 2 fully saturated rings. The Morgan fingerprint density at radius 3 is 2.52 bits per heavy atom. The Bertz CT molecular complexity index is 865. The molecule has 1 amide bonds. The van der Waals surface area contributed by atoms with Crippen molar-refractivity contribution in [1.29, 1.82) is 0 Å². The number of thiophene rings is 1. The number of sulfonamides is 1. The Balaban J connectivity index is 1.60. The second-order valence-electron chi connectivity index (χ2n) is 6.70. The minimum Gasteiger partial charge on any atom is -0.312 e. The SMILES string of the molecule is O=C1N(c2ccccc2)CCC12CCCN(S(=O)(=O)c1cccs1)C2. The highest BCUT2D eigenvalue weighted by molar-refractivity contribution is 7.91. The number of piperidine rings is 1. The molecule has 25 heavy (non-hydrogen) atoms. The third kappa shape index (κ3) is 2.80. The van der Waals surface area contributed by atoms with E-state index in [2.05, 4.69) is 0 Å². The molecule has 132 valence electrons. The number of hydrogen-bond donors (Lipinski definition) is 0. The van der Waals surface area contributed by atoms with Gasteiger partial charge >= 0.3 is 0 Å². The first-order valence-electron chi connectivity index (χ1n) is 8.44. The van der Waals surface area contributed by atoms with Crippen molar-refractivity contribution < 1.29 is 13.2 Å². The van der Waals surface area contributed by atoms with Crippen LogP contribution in [0.4, 0.5) is 5.69 Å². The maximum Gasteiger partial charge on any atom is 0.252 e. The van der Waals surface area contributed by atoms with Gasteiger partial charge in [0.1, 0.15) is 4.21 Å². The lowest BCUT2D eigenvalue weighted by atomic mass is 9.79. The van der Waals surface area contributed by atoms with Crippen LogP contribution in [0.2, 0.25) is 0 Å². The summed E-state index contributed by atoms with van der Waals surface area (Å²) in [6.07, 6.45) is 2.18. The molecule has 2 aromatic rings. The van der Waals surface area contributed by atoms with E-state index < -0.39 is 15.4 Å². The molecule has 1 unspecified atom stereocenters. The molecule has 0 bridgehead atoms. The second-order valence-corrected chi connectivity index (χ2v) is 9.81. The molecule has 1 aromatic carbocycles. The van der Waals surface area contributed by atoms with Crippen molar-refractivity contribution >= 4 is 33.0 Å². The summed E-state index contributed by atoms with van der Waals surface area (Å²) < 4.78 is 27.6. The monoisotopic (exact) mass is 376 g/mol. The first-order chi connectivity index (χ1) is 12.0. The lowest BCUT2D eigenvalue weighted by Crippen LogP contribution is -2.49. The topological polar surface area (TPSA) is 57.7 Å². The summed E-state index contributed by atoms with van der Waals surface area (Å²) in [5.41, 5.74) is 0.306. The number of benzene rings is 1. The molecule has 3 heterocycles. The highest BCUT2D eigenvalue weighted by Crippen LogP contribution is 2.43. The average molecular weight is 377 g/mol. The number of amides is 1. The van der Waals surface area contributed by atoms with Crippen molar-refractivity contribution in [3.63, 3.8) is 0 Å². The van der Waals surface area contributed by atoms with E-state index in [1.54, 1.807) is 22.4 Å². The van der Waals surface area contributed by atoms with E-state index in [1.807, 2.05) is 30.3 Å². The van der Waals surface area contributed by atoms with Gasteiger partial charge in [0.25, 0.3) is 10.0 Å². The smallest absolute Gasteiger partial charge is 0.252 e. The van der Waals surface area contributed by atoms with E-state index in [1.165, 1.54) is 15.6 Å². The molecule has 1 aromatic heterocycles. The maximum atomic E-state index is 13.1. The van der Waals surface area contributed by atoms with Crippen molar-refractivity contribution in [3.05, 3.63) is 47.8 Å². The fourth-order valence-electron chi connectivity index (χ4n) is 3.89. The summed E-state index contributed by atoms with van der Waals surface area (Å²) in [4.78, 5) is 15.0. The fraction of sp³-hybridized carbons (Fsp3) is 0.389. The number of rotatable bonds is 3. The summed E-state index contributed by atoms with van der Waals surface area (Å²) in [5.74, 6) is 0.0600. The Labute approximate surface area is 151 Å². The van der Waals surface area contributed by atoms with Gasteiger partial charge in [-0.1, -0.05) is 24.3 Å². The first kappa shape index (κ1) is 16.8. The van der Waals surface area contributed by atoms with Gasteiger partial charge in [-0.05, 0) is 42.8 Å². The average Bonchev–Trinajstić information content (AvgIpc) is 3.27. The molecular weight excluding hydrogens is 356 g/mol. The molecule has 2 aliphatic heterocycles. The number of carbonyl (C=O) groups excluding carboxylic acids is 1. The van der Waals surface area contributed by atoms with Crippen molar-refractivity contribution in [1.82, 2.24) is 4.31 Å². The summed E-state index contributed by atoms with van der Waals surface area (Å²) >= 11 is 1.23. The molecular formula is C18H20N2O3S2. The number of para-hydroxylation sites is 1. The van der Waals surface area contributed by atoms with Crippen LogP contribution in [0.1, 0.15) is 19.3 Å². The van der Waals surface area contributed by atoms with Crippen LogP contribution in [0.25, 0.3) is 0 Å². The summed E-state index contributed by atoms with van der Waals surface area (Å²) in [6, 6.07) is 13.0. The third-order valence-electron chi connectivity index (χ3n) is 5.21. The van der Waals surface area contributed by atoms with Crippen LogP contribution in [-0.4, -0.2) is 38.3 Å². The van der Waals surface area contributed by atoms with Crippen LogP contribution in [0, 0.1) is 5.41 Å². The van der Waals surface area contributed by atoms with E-state index in [9.17, 15) is 13.2 Å². The van der Waals surface area contributed by atoms with Gasteiger partial charge in [-0.2, -0.15) is 4.31 Å². The van der Waals surface area contributed by atoms with Gasteiger partial charge in [-0.3, -0.25) is 4.79 Å². The van der Waals surface area contributed by atoms with Crippen molar-refractivity contribution in [2.24, 2.45) is 5.41 Å². The van der Waals surface area contributed by atoms with Gasteiger partial charge in [0.15, 0.2) is 0 Å². The number of nitrogens with zero attached hydrogens (tertiary/aromatic N) is 2. The van der Waals surface area contributed by atoms with E-state index in [4.69, 9.17) is 0 Å². The molecule has 7 heteroatoms. The van der Waals surface area contributed by atoms with Gasteiger partial charge in [0.05, 0.1) is 5.41 Å². The van der Waals surface area contributed by atoms with E-state index in [0.29, 0.717) is 23.7 Å². The van der Waals surface area contributed by atoms with Crippen LogP contribution < -0.4 is 4.90 Å². The quantitative estimate of drug-likeness (QED) is 0.828. The van der Waals surface area contributed by atoms with E-state index in [-0.39, 0.29) is 12.5 Å². The Hall–Kier alpha value is -1.70. The van der Waals surface area contributed by atoms with Gasteiger partial charge in [-0.15, -0.1) is 11.3 Å². The molecule has 2 aliphatic rings. The predicted molar refractivity (Wildman–Crippen MR) is 98.2 cm³/mol. The highest BCUT2D eigenvalue weighted by atomic mass is 32.2. The van der Waals surface area contributed by atoms with Gasteiger partial charge < -0.3 is 4.90 Å². The maximum absolute atomic E-state index is 13.1. The minimum atomic E-state index is -3.51. The van der Waals surface area contributed by atoms with Gasteiger partial charge in [-0.25, -0.2) is 8.42 Å². The number of hydrogen-bond acceptors (Lipinski definition) is 4. The molecule has 5 nitrogen and oxygen atoms in total. The van der Waals surface area contributed by atoms with Gasteiger partial charge in [0, 0.05) is 25.3 Å². The Kier molecular flexibility index (Phi) is 4.17. The second kappa shape index (κ2) is 6.23. The first-order valence-corrected chi connectivity index (χ1v) is 10.8. The van der Waals surface area contributed by atoms with Crippen molar-refractivity contribution in [3.8, 4) is 0 Å².